The molecule has 4 aromatic carbocycles. The smallest absolute Gasteiger partial charge is 0.407 e. The summed E-state index contributed by atoms with van der Waals surface area (Å²) in [5.41, 5.74) is 6.27. The number of nitrogens with zero attached hydrogens (tertiary/aromatic N) is 1. The predicted octanol–water partition coefficient (Wildman–Crippen LogP) is 8.28. The molecule has 1 aliphatic carbocycles. The van der Waals surface area contributed by atoms with Crippen LogP contribution in [0, 0.1) is 3.57 Å². The van der Waals surface area contributed by atoms with E-state index in [1.807, 2.05) is 97.9 Å². The van der Waals surface area contributed by atoms with Gasteiger partial charge in [-0.05, 0) is 88.9 Å². The highest BCUT2D eigenvalue weighted by Gasteiger charge is 2.34. The lowest BCUT2D eigenvalue weighted by Crippen LogP contribution is -2.50. The number of esters is 1. The number of fused-ring (bicyclic) bond motifs is 3. The van der Waals surface area contributed by atoms with Gasteiger partial charge in [0.1, 0.15) is 24.1 Å². The summed E-state index contributed by atoms with van der Waals surface area (Å²) in [7, 11) is 0. The van der Waals surface area contributed by atoms with Gasteiger partial charge in [-0.1, -0.05) is 97.9 Å². The molecule has 51 heavy (non-hydrogen) atoms. The molecular weight excluding hydrogens is 755 g/mol. The van der Waals surface area contributed by atoms with Crippen LogP contribution < -0.4 is 10.6 Å². The monoisotopic (exact) mass is 796 g/mol. The zero-order valence-electron chi connectivity index (χ0n) is 29.0. The van der Waals surface area contributed by atoms with Gasteiger partial charge in [0.15, 0.2) is 0 Å². The molecule has 0 radical (unpaired) electrons. The van der Waals surface area contributed by atoms with Crippen molar-refractivity contribution < 1.29 is 23.9 Å². The molecule has 0 saturated heterocycles. The minimum atomic E-state index is -1.29. The van der Waals surface area contributed by atoms with E-state index < -0.39 is 42.1 Å². The van der Waals surface area contributed by atoms with Crippen molar-refractivity contribution in [2.45, 2.75) is 63.6 Å². The average molecular weight is 797 g/mol. The minimum absolute atomic E-state index is 0.0576. The molecule has 262 valence electrons. The summed E-state index contributed by atoms with van der Waals surface area (Å²) in [4.78, 5) is 48.7. The van der Waals surface area contributed by atoms with Crippen molar-refractivity contribution in [3.8, 4) is 22.4 Å². The van der Waals surface area contributed by atoms with Crippen LogP contribution in [0.15, 0.2) is 109 Å². The van der Waals surface area contributed by atoms with Gasteiger partial charge in [-0.2, -0.15) is 0 Å². The lowest BCUT2D eigenvalue weighted by Gasteiger charge is -2.27. The minimum Gasteiger partial charge on any atom is -0.460 e. The SMILES string of the molecule is C[C@@H](c1ccccc1)[C@H](NC(=O)[C@@H](CC(=O)OC(C)(C)C)NC(=O)OCC1c2ccccc2-c2ccccc21)c1ncc(-c2ccc(I)cc2)[nH]1. The number of hydrogen-bond donors (Lipinski definition) is 3. The summed E-state index contributed by atoms with van der Waals surface area (Å²) >= 11 is 2.26. The van der Waals surface area contributed by atoms with Crippen molar-refractivity contribution in [2.75, 3.05) is 6.61 Å². The van der Waals surface area contributed by atoms with Crippen LogP contribution in [0.25, 0.3) is 22.4 Å². The van der Waals surface area contributed by atoms with Crippen LogP contribution in [0.5, 0.6) is 0 Å². The second kappa shape index (κ2) is 15.5. The summed E-state index contributed by atoms with van der Waals surface area (Å²) in [5, 5.41) is 5.76. The number of halogens is 1. The van der Waals surface area contributed by atoms with Crippen molar-refractivity contribution in [1.29, 1.82) is 0 Å². The number of benzene rings is 4. The van der Waals surface area contributed by atoms with Crippen molar-refractivity contribution in [2.24, 2.45) is 0 Å². The zero-order valence-corrected chi connectivity index (χ0v) is 31.1. The van der Waals surface area contributed by atoms with E-state index in [9.17, 15) is 14.4 Å². The summed E-state index contributed by atoms with van der Waals surface area (Å²) in [6.45, 7) is 7.30. The molecule has 0 fully saturated rings. The van der Waals surface area contributed by atoms with Crippen molar-refractivity contribution in [1.82, 2.24) is 20.6 Å². The third-order valence-corrected chi connectivity index (χ3v) is 9.63. The van der Waals surface area contributed by atoms with Crippen LogP contribution in [0.1, 0.15) is 74.5 Å². The van der Waals surface area contributed by atoms with Crippen LogP contribution in [-0.2, 0) is 19.1 Å². The van der Waals surface area contributed by atoms with Crippen LogP contribution in [0.3, 0.4) is 0 Å². The molecule has 2 amide bonds. The number of carbonyl (C=O) groups is 3. The van der Waals surface area contributed by atoms with Crippen LogP contribution >= 0.6 is 22.6 Å². The summed E-state index contributed by atoms with van der Waals surface area (Å²) < 4.78 is 12.4. The van der Waals surface area contributed by atoms with Crippen molar-refractivity contribution >= 4 is 40.6 Å². The van der Waals surface area contributed by atoms with Gasteiger partial charge in [0.05, 0.1) is 24.4 Å². The average Bonchev–Trinajstić information content (AvgIpc) is 3.72. The molecule has 5 aromatic rings. The van der Waals surface area contributed by atoms with Gasteiger partial charge in [-0.15, -0.1) is 0 Å². The van der Waals surface area contributed by atoms with Gasteiger partial charge < -0.3 is 25.1 Å². The Hall–Kier alpha value is -4.97. The number of nitrogens with one attached hydrogen (secondary N) is 3. The summed E-state index contributed by atoms with van der Waals surface area (Å²) in [6.07, 6.45) is 0.528. The molecule has 0 spiro atoms. The maximum atomic E-state index is 14.2. The molecule has 1 aliphatic rings. The Morgan fingerprint density at radius 1 is 0.843 bits per heavy atom. The van der Waals surface area contributed by atoms with Gasteiger partial charge >= 0.3 is 12.1 Å². The zero-order chi connectivity index (χ0) is 36.1. The quantitative estimate of drug-likeness (QED) is 0.0914. The first-order valence-electron chi connectivity index (χ1n) is 17.0. The highest BCUT2D eigenvalue weighted by Crippen LogP contribution is 2.44. The first-order chi connectivity index (χ1) is 24.5. The number of alkyl carbamates (subject to hydrolysis) is 1. The van der Waals surface area contributed by atoms with Gasteiger partial charge in [0.2, 0.25) is 5.91 Å². The Labute approximate surface area is 311 Å². The molecule has 0 unspecified atom stereocenters. The Bertz CT molecular complexity index is 1960. The lowest BCUT2D eigenvalue weighted by molar-refractivity contribution is -0.156. The first kappa shape index (κ1) is 35.8. The highest BCUT2D eigenvalue weighted by molar-refractivity contribution is 14.1. The van der Waals surface area contributed by atoms with Gasteiger partial charge in [-0.3, -0.25) is 9.59 Å². The predicted molar refractivity (Wildman–Crippen MR) is 205 cm³/mol. The molecule has 10 heteroatoms. The molecule has 0 bridgehead atoms. The van der Waals surface area contributed by atoms with E-state index in [0.717, 1.165) is 42.6 Å². The number of ether oxygens (including phenoxy) is 2. The van der Waals surface area contributed by atoms with Gasteiger partial charge in [0.25, 0.3) is 0 Å². The second-order valence-corrected chi connectivity index (χ2v) is 14.9. The Kier molecular flexibility index (Phi) is 10.9. The van der Waals surface area contributed by atoms with Gasteiger partial charge in [0, 0.05) is 15.4 Å². The number of hydrogen-bond acceptors (Lipinski definition) is 6. The molecule has 1 heterocycles. The molecule has 9 nitrogen and oxygen atoms in total. The van der Waals surface area contributed by atoms with E-state index in [-0.39, 0.29) is 18.4 Å². The number of H-pyrrole nitrogens is 1. The lowest BCUT2D eigenvalue weighted by atomic mass is 9.92. The molecule has 3 atom stereocenters. The molecule has 6 rings (SSSR count). The fourth-order valence-electron chi connectivity index (χ4n) is 6.45. The molecule has 3 N–H and O–H groups in total. The number of aromatic amines is 1. The topological polar surface area (TPSA) is 122 Å². The highest BCUT2D eigenvalue weighted by atomic mass is 127. The molecule has 1 aromatic heterocycles. The Morgan fingerprint density at radius 3 is 2.08 bits per heavy atom. The van der Waals surface area contributed by atoms with E-state index in [2.05, 4.69) is 55.3 Å². The van der Waals surface area contributed by atoms with E-state index >= 15 is 0 Å². The number of aromatic nitrogens is 2. The molecule has 0 aliphatic heterocycles. The normalized spacial score (nSPS) is 14.1. The van der Waals surface area contributed by atoms with Crippen molar-refractivity contribution in [3.63, 3.8) is 0 Å². The largest absolute Gasteiger partial charge is 0.460 e. The molecular formula is C41H41IN4O5. The van der Waals surface area contributed by atoms with E-state index in [4.69, 9.17) is 9.47 Å². The summed E-state index contributed by atoms with van der Waals surface area (Å²) in [6, 6.07) is 32.0. The Balaban J connectivity index is 1.23. The van der Waals surface area contributed by atoms with Crippen LogP contribution in [0.4, 0.5) is 4.79 Å². The standard InChI is InChI=1S/C41H41IN4O5/c1-25(26-12-6-5-7-13-26)37(38-43-23-35(44-38)27-18-20-28(42)21-19-27)46-39(48)34(22-36(47)51-41(2,3)4)45-40(49)50-24-33-31-16-10-8-14-29(31)30-15-9-11-17-32(30)33/h5-21,23,25,33-34,37H,22,24H2,1-4H3,(H,43,44)(H,45,49)(H,46,48)/t25-,34+,37-/m0/s1. The Morgan fingerprint density at radius 2 is 1.45 bits per heavy atom. The van der Waals surface area contributed by atoms with Crippen LogP contribution in [0.2, 0.25) is 0 Å². The third-order valence-electron chi connectivity index (χ3n) is 8.91. The third kappa shape index (κ3) is 8.68. The maximum absolute atomic E-state index is 14.2. The first-order valence-corrected chi connectivity index (χ1v) is 18.0. The fourth-order valence-corrected chi connectivity index (χ4v) is 6.80. The maximum Gasteiger partial charge on any atom is 0.407 e. The van der Waals surface area contributed by atoms with Crippen LogP contribution in [-0.4, -0.2) is 46.2 Å². The summed E-state index contributed by atoms with van der Waals surface area (Å²) in [5.74, 6) is -1.07. The van der Waals surface area contributed by atoms with E-state index in [1.165, 1.54) is 0 Å². The number of imidazole rings is 1. The number of rotatable bonds is 11. The second-order valence-electron chi connectivity index (χ2n) is 13.7. The fraction of sp³-hybridized carbons (Fsp3) is 0.268. The van der Waals surface area contributed by atoms with Gasteiger partial charge in [-0.25, -0.2) is 9.78 Å². The number of carbonyl (C=O) groups excluding carboxylic acids is 3. The van der Waals surface area contributed by atoms with E-state index in [0.29, 0.717) is 5.82 Å². The van der Waals surface area contributed by atoms with E-state index in [1.54, 1.807) is 27.0 Å². The van der Waals surface area contributed by atoms with Crippen molar-refractivity contribution in [3.05, 3.63) is 135 Å². The molecule has 0 saturated carbocycles. The number of amides is 2.